The molecule has 3 heteroatoms. The molecule has 0 rings (SSSR count). The van der Waals surface area contributed by atoms with Gasteiger partial charge in [0.05, 0.1) is 6.61 Å². The Kier molecular flexibility index (Phi) is 3.88. The second kappa shape index (κ2) is 4.21. The van der Waals surface area contributed by atoms with Crippen molar-refractivity contribution in [3.8, 4) is 0 Å². The minimum Gasteiger partial charge on any atom is -0.465 e. The van der Waals surface area contributed by atoms with Gasteiger partial charge in [0, 0.05) is 5.57 Å². The maximum absolute atomic E-state index is 4.98. The van der Waals surface area contributed by atoms with E-state index in [2.05, 4.69) is 4.84 Å². The van der Waals surface area contributed by atoms with Gasteiger partial charge in [-0.25, -0.2) is 0 Å². The molecule has 9 heavy (non-hydrogen) atoms. The van der Waals surface area contributed by atoms with Gasteiger partial charge in [-0.1, -0.05) is 0 Å². The molecular weight excluding hydrogens is 118 g/mol. The van der Waals surface area contributed by atoms with Gasteiger partial charge in [-0.15, -0.1) is 0 Å². The molecule has 0 radical (unpaired) electrons. The van der Waals surface area contributed by atoms with Crippen LogP contribution in [0, 0.1) is 0 Å². The summed E-state index contributed by atoms with van der Waals surface area (Å²) >= 11 is 0. The number of rotatable bonds is 3. The normalized spacial score (nSPS) is 8.44. The second-order valence-corrected chi connectivity index (χ2v) is 1.84. The van der Waals surface area contributed by atoms with Gasteiger partial charge in [-0.2, -0.15) is 5.90 Å². The van der Waals surface area contributed by atoms with Crippen molar-refractivity contribution in [3.05, 3.63) is 11.5 Å². The quantitative estimate of drug-likeness (QED) is 0.462. The molecular formula is C6H13NO2. The van der Waals surface area contributed by atoms with Crippen LogP contribution in [0.1, 0.15) is 20.8 Å². The topological polar surface area (TPSA) is 44.5 Å². The van der Waals surface area contributed by atoms with E-state index in [0.717, 1.165) is 5.57 Å². The maximum atomic E-state index is 4.98. The average Bonchev–Trinajstić information content (AvgIpc) is 1.82. The molecule has 0 unspecified atom stereocenters. The van der Waals surface area contributed by atoms with E-state index in [4.69, 9.17) is 10.6 Å². The summed E-state index contributed by atoms with van der Waals surface area (Å²) in [5.74, 6) is 5.29. The Morgan fingerprint density at radius 3 is 2.11 bits per heavy atom. The van der Waals surface area contributed by atoms with Gasteiger partial charge >= 0.3 is 0 Å². The van der Waals surface area contributed by atoms with E-state index in [1.807, 2.05) is 20.8 Å². The molecule has 54 valence electrons. The molecule has 0 fully saturated rings. The lowest BCUT2D eigenvalue weighted by atomic mass is 10.4. The average molecular weight is 131 g/mol. The van der Waals surface area contributed by atoms with Crippen molar-refractivity contribution < 1.29 is 9.57 Å². The van der Waals surface area contributed by atoms with Gasteiger partial charge in [0.15, 0.2) is 0 Å². The Balaban J connectivity index is 3.83. The van der Waals surface area contributed by atoms with Gasteiger partial charge in [0.1, 0.15) is 0 Å². The van der Waals surface area contributed by atoms with E-state index in [1.54, 1.807) is 0 Å². The smallest absolute Gasteiger partial charge is 0.297 e. The van der Waals surface area contributed by atoms with Crippen molar-refractivity contribution >= 4 is 0 Å². The van der Waals surface area contributed by atoms with Crippen molar-refractivity contribution in [2.75, 3.05) is 6.61 Å². The molecule has 0 saturated carbocycles. The third-order valence-electron chi connectivity index (χ3n) is 0.791. The molecule has 3 nitrogen and oxygen atoms in total. The van der Waals surface area contributed by atoms with Crippen LogP contribution >= 0.6 is 0 Å². The zero-order valence-corrected chi connectivity index (χ0v) is 6.10. The Morgan fingerprint density at radius 2 is 2.00 bits per heavy atom. The van der Waals surface area contributed by atoms with Gasteiger partial charge < -0.3 is 9.57 Å². The molecule has 0 aliphatic heterocycles. The van der Waals surface area contributed by atoms with Crippen molar-refractivity contribution in [1.82, 2.24) is 0 Å². The van der Waals surface area contributed by atoms with Crippen LogP contribution in [-0.4, -0.2) is 6.61 Å². The summed E-state index contributed by atoms with van der Waals surface area (Å²) in [7, 11) is 0. The molecule has 0 aromatic rings. The van der Waals surface area contributed by atoms with Crippen LogP contribution in [0.5, 0.6) is 0 Å². The summed E-state index contributed by atoms with van der Waals surface area (Å²) in [4.78, 5) is 4.41. The first-order valence-electron chi connectivity index (χ1n) is 2.89. The lowest BCUT2D eigenvalue weighted by Gasteiger charge is -2.05. The van der Waals surface area contributed by atoms with Crippen molar-refractivity contribution in [3.63, 3.8) is 0 Å². The Morgan fingerprint density at radius 1 is 1.44 bits per heavy atom. The predicted octanol–water partition coefficient (Wildman–Crippen LogP) is 1.16. The van der Waals surface area contributed by atoms with Crippen LogP contribution in [0.2, 0.25) is 0 Å². The second-order valence-electron chi connectivity index (χ2n) is 1.84. The third kappa shape index (κ3) is 2.98. The highest BCUT2D eigenvalue weighted by atomic mass is 16.7. The molecule has 0 atom stereocenters. The SMILES string of the molecule is CCOC(ON)=C(C)C. The van der Waals surface area contributed by atoms with Crippen molar-refractivity contribution in [2.24, 2.45) is 5.90 Å². The van der Waals surface area contributed by atoms with E-state index < -0.39 is 0 Å². The molecule has 0 saturated heterocycles. The lowest BCUT2D eigenvalue weighted by Crippen LogP contribution is -2.04. The molecule has 2 N–H and O–H groups in total. The highest BCUT2D eigenvalue weighted by Crippen LogP contribution is 2.02. The Hall–Kier alpha value is -0.700. The third-order valence-corrected chi connectivity index (χ3v) is 0.791. The highest BCUT2D eigenvalue weighted by molar-refractivity contribution is 4.94. The van der Waals surface area contributed by atoms with Gasteiger partial charge in [0.25, 0.3) is 5.95 Å². The summed E-state index contributed by atoms with van der Waals surface area (Å²) in [6, 6.07) is 0. The first kappa shape index (κ1) is 8.30. The Bertz CT molecular complexity index is 106. The summed E-state index contributed by atoms with van der Waals surface area (Å²) < 4.78 is 4.98. The summed E-state index contributed by atoms with van der Waals surface area (Å²) in [5.41, 5.74) is 0.944. The molecule has 0 aromatic heterocycles. The van der Waals surface area contributed by atoms with Gasteiger partial charge in [-0.3, -0.25) is 0 Å². The summed E-state index contributed by atoms with van der Waals surface area (Å²) in [6.07, 6.45) is 0. The number of hydrogen-bond donors (Lipinski definition) is 1. The monoisotopic (exact) mass is 131 g/mol. The highest BCUT2D eigenvalue weighted by Gasteiger charge is 1.96. The van der Waals surface area contributed by atoms with E-state index in [9.17, 15) is 0 Å². The van der Waals surface area contributed by atoms with E-state index in [0.29, 0.717) is 12.6 Å². The maximum Gasteiger partial charge on any atom is 0.297 e. The molecule has 0 aliphatic rings. The first-order valence-corrected chi connectivity index (χ1v) is 2.89. The number of ether oxygens (including phenoxy) is 1. The molecule has 0 heterocycles. The van der Waals surface area contributed by atoms with Crippen LogP contribution < -0.4 is 5.90 Å². The zero-order valence-electron chi connectivity index (χ0n) is 6.10. The fraction of sp³-hybridized carbons (Fsp3) is 0.667. The number of nitrogens with two attached hydrogens (primary N) is 1. The summed E-state index contributed by atoms with van der Waals surface area (Å²) in [6.45, 7) is 6.20. The van der Waals surface area contributed by atoms with Crippen LogP contribution in [-0.2, 0) is 9.57 Å². The zero-order chi connectivity index (χ0) is 7.28. The standard InChI is InChI=1S/C6H13NO2/c1-4-8-6(9-7)5(2)3/h4,7H2,1-3H3. The van der Waals surface area contributed by atoms with Crippen LogP contribution in [0.4, 0.5) is 0 Å². The van der Waals surface area contributed by atoms with E-state index in [1.165, 1.54) is 0 Å². The molecule has 0 spiro atoms. The lowest BCUT2D eigenvalue weighted by molar-refractivity contribution is 0.0368. The largest absolute Gasteiger partial charge is 0.465 e. The number of allylic oxidation sites excluding steroid dienone is 1. The Labute approximate surface area is 55.4 Å². The predicted molar refractivity (Wildman–Crippen MR) is 35.3 cm³/mol. The van der Waals surface area contributed by atoms with Crippen LogP contribution in [0.25, 0.3) is 0 Å². The molecule has 0 aromatic carbocycles. The minimum atomic E-state index is 0.414. The molecule has 0 aliphatic carbocycles. The van der Waals surface area contributed by atoms with E-state index >= 15 is 0 Å². The first-order chi connectivity index (χ1) is 4.22. The summed E-state index contributed by atoms with van der Waals surface area (Å²) in [5, 5.41) is 0. The molecule has 0 amide bonds. The fourth-order valence-corrected chi connectivity index (χ4v) is 0.427. The van der Waals surface area contributed by atoms with Crippen LogP contribution in [0.3, 0.4) is 0 Å². The van der Waals surface area contributed by atoms with Gasteiger partial charge in [0.2, 0.25) is 0 Å². The molecule has 0 bridgehead atoms. The fourth-order valence-electron chi connectivity index (χ4n) is 0.427. The van der Waals surface area contributed by atoms with Crippen LogP contribution in [0.15, 0.2) is 11.5 Å². The number of hydrogen-bond acceptors (Lipinski definition) is 3. The van der Waals surface area contributed by atoms with Crippen molar-refractivity contribution in [2.45, 2.75) is 20.8 Å². The minimum absolute atomic E-state index is 0.414. The van der Waals surface area contributed by atoms with Gasteiger partial charge in [-0.05, 0) is 20.8 Å². The van der Waals surface area contributed by atoms with Crippen molar-refractivity contribution in [1.29, 1.82) is 0 Å². The van der Waals surface area contributed by atoms with E-state index in [-0.39, 0.29) is 0 Å².